The van der Waals surface area contributed by atoms with E-state index in [-0.39, 0.29) is 0 Å². The van der Waals surface area contributed by atoms with Gasteiger partial charge in [0.2, 0.25) is 5.28 Å². The summed E-state index contributed by atoms with van der Waals surface area (Å²) in [7, 11) is 0. The maximum atomic E-state index is 5.77. The highest BCUT2D eigenvalue weighted by molar-refractivity contribution is 7.99. The van der Waals surface area contributed by atoms with Gasteiger partial charge in [-0.1, -0.05) is 0 Å². The first-order valence-corrected chi connectivity index (χ1v) is 7.32. The molecule has 0 radical (unpaired) electrons. The first-order valence-electron chi connectivity index (χ1n) is 5.79. The van der Waals surface area contributed by atoms with Crippen molar-refractivity contribution >= 4 is 29.2 Å². The average molecular weight is 273 g/mol. The van der Waals surface area contributed by atoms with Gasteiger partial charge in [-0.2, -0.15) is 11.8 Å². The molecule has 2 rings (SSSR count). The number of aromatic nitrogens is 2. The third kappa shape index (κ3) is 4.01. The van der Waals surface area contributed by atoms with Crippen LogP contribution in [0.2, 0.25) is 5.28 Å². The summed E-state index contributed by atoms with van der Waals surface area (Å²) in [6.45, 7) is 6.32. The number of halogens is 1. The maximum absolute atomic E-state index is 5.77. The molecule has 0 unspecified atom stereocenters. The molecule has 0 amide bonds. The minimum absolute atomic E-state index is 0.299. The average Bonchev–Trinajstić information content (AvgIpc) is 2.35. The van der Waals surface area contributed by atoms with Gasteiger partial charge in [0.05, 0.1) is 0 Å². The Bertz CT molecular complexity index is 368. The van der Waals surface area contributed by atoms with Crippen LogP contribution in [0.1, 0.15) is 5.56 Å². The molecule has 0 saturated carbocycles. The van der Waals surface area contributed by atoms with E-state index in [1.807, 2.05) is 18.7 Å². The van der Waals surface area contributed by atoms with E-state index in [1.165, 1.54) is 24.6 Å². The molecule has 1 fully saturated rings. The highest BCUT2D eigenvalue weighted by Crippen LogP contribution is 2.12. The topological polar surface area (TPSA) is 41.1 Å². The summed E-state index contributed by atoms with van der Waals surface area (Å²) >= 11 is 7.80. The van der Waals surface area contributed by atoms with E-state index < -0.39 is 0 Å². The zero-order valence-corrected chi connectivity index (χ0v) is 11.5. The summed E-state index contributed by atoms with van der Waals surface area (Å²) in [6.07, 6.45) is 1.75. The summed E-state index contributed by atoms with van der Waals surface area (Å²) in [5, 5.41) is 3.62. The quantitative estimate of drug-likeness (QED) is 0.848. The van der Waals surface area contributed by atoms with Crippen molar-refractivity contribution in [3.8, 4) is 0 Å². The summed E-state index contributed by atoms with van der Waals surface area (Å²) in [5.41, 5.74) is 1.03. The second-order valence-corrected chi connectivity index (χ2v) is 5.61. The van der Waals surface area contributed by atoms with Gasteiger partial charge >= 0.3 is 0 Å². The molecule has 94 valence electrons. The van der Waals surface area contributed by atoms with Gasteiger partial charge in [-0.05, 0) is 18.5 Å². The van der Waals surface area contributed by atoms with Gasteiger partial charge in [0.25, 0.3) is 0 Å². The SMILES string of the molecule is Cc1cnc(Cl)nc1NCCN1CCSCC1. The van der Waals surface area contributed by atoms with E-state index in [9.17, 15) is 0 Å². The zero-order chi connectivity index (χ0) is 12.1. The molecule has 0 spiro atoms. The lowest BCUT2D eigenvalue weighted by Gasteiger charge is -2.26. The summed E-state index contributed by atoms with van der Waals surface area (Å²) in [6, 6.07) is 0. The Hall–Kier alpha value is -0.520. The number of thioether (sulfide) groups is 1. The number of nitrogens with zero attached hydrogens (tertiary/aromatic N) is 3. The van der Waals surface area contributed by atoms with Crippen molar-refractivity contribution in [2.45, 2.75) is 6.92 Å². The molecule has 1 aliphatic rings. The number of anilines is 1. The Morgan fingerprint density at radius 1 is 1.47 bits per heavy atom. The molecule has 1 aliphatic heterocycles. The van der Waals surface area contributed by atoms with Gasteiger partial charge in [-0.25, -0.2) is 9.97 Å². The van der Waals surface area contributed by atoms with Crippen molar-refractivity contribution in [3.05, 3.63) is 17.0 Å². The van der Waals surface area contributed by atoms with Crippen LogP contribution in [-0.4, -0.2) is 52.6 Å². The zero-order valence-electron chi connectivity index (χ0n) is 9.95. The van der Waals surface area contributed by atoms with Gasteiger partial charge in [-0.3, -0.25) is 4.90 Å². The number of rotatable bonds is 4. The third-order valence-electron chi connectivity index (χ3n) is 2.77. The molecule has 4 nitrogen and oxygen atoms in total. The largest absolute Gasteiger partial charge is 0.368 e. The van der Waals surface area contributed by atoms with Gasteiger partial charge in [-0.15, -0.1) is 0 Å². The molecule has 0 atom stereocenters. The second kappa shape index (κ2) is 6.42. The monoisotopic (exact) mass is 272 g/mol. The molecule has 6 heteroatoms. The Morgan fingerprint density at radius 3 is 3.00 bits per heavy atom. The summed E-state index contributed by atoms with van der Waals surface area (Å²) in [5.74, 6) is 3.34. The smallest absolute Gasteiger partial charge is 0.224 e. The lowest BCUT2D eigenvalue weighted by Crippen LogP contribution is -2.36. The Balaban J connectivity index is 1.79. The minimum atomic E-state index is 0.299. The van der Waals surface area contributed by atoms with Crippen LogP contribution in [0.25, 0.3) is 0 Å². The van der Waals surface area contributed by atoms with Crippen LogP contribution < -0.4 is 5.32 Å². The standard InChI is InChI=1S/C11H17ClN4S/c1-9-8-14-11(12)15-10(9)13-2-3-16-4-6-17-7-5-16/h8H,2-7H2,1H3,(H,13,14,15). The predicted octanol–water partition coefficient (Wildman–Crippen LogP) is 1.90. The van der Waals surface area contributed by atoms with Crippen LogP contribution in [0.5, 0.6) is 0 Å². The van der Waals surface area contributed by atoms with E-state index in [1.54, 1.807) is 6.20 Å². The van der Waals surface area contributed by atoms with Crippen LogP contribution in [-0.2, 0) is 0 Å². The molecule has 1 N–H and O–H groups in total. The van der Waals surface area contributed by atoms with Crippen molar-refractivity contribution in [1.29, 1.82) is 0 Å². The molecule has 1 aromatic heterocycles. The van der Waals surface area contributed by atoms with Crippen LogP contribution in [0.15, 0.2) is 6.20 Å². The van der Waals surface area contributed by atoms with Crippen LogP contribution in [0.4, 0.5) is 5.82 Å². The van der Waals surface area contributed by atoms with E-state index in [0.717, 1.165) is 24.5 Å². The van der Waals surface area contributed by atoms with Crippen LogP contribution >= 0.6 is 23.4 Å². The maximum Gasteiger partial charge on any atom is 0.224 e. The molecule has 17 heavy (non-hydrogen) atoms. The van der Waals surface area contributed by atoms with Gasteiger partial charge in [0.1, 0.15) is 5.82 Å². The van der Waals surface area contributed by atoms with Gasteiger partial charge in [0.15, 0.2) is 0 Å². The Morgan fingerprint density at radius 2 is 2.24 bits per heavy atom. The molecule has 0 bridgehead atoms. The molecule has 1 saturated heterocycles. The van der Waals surface area contributed by atoms with E-state index in [0.29, 0.717) is 5.28 Å². The fraction of sp³-hybridized carbons (Fsp3) is 0.636. The van der Waals surface area contributed by atoms with Crippen LogP contribution in [0, 0.1) is 6.92 Å². The van der Waals surface area contributed by atoms with Crippen molar-refractivity contribution < 1.29 is 0 Å². The van der Waals surface area contributed by atoms with E-state index >= 15 is 0 Å². The fourth-order valence-corrected chi connectivity index (χ4v) is 2.87. The minimum Gasteiger partial charge on any atom is -0.368 e. The molecule has 0 aliphatic carbocycles. The Labute approximate surface area is 111 Å². The van der Waals surface area contributed by atoms with Crippen molar-refractivity contribution in [2.24, 2.45) is 0 Å². The highest BCUT2D eigenvalue weighted by atomic mass is 35.5. The van der Waals surface area contributed by atoms with Crippen molar-refractivity contribution in [1.82, 2.24) is 14.9 Å². The number of aryl methyl sites for hydroxylation is 1. The normalized spacial score (nSPS) is 17.1. The number of hydrogen-bond donors (Lipinski definition) is 1. The number of hydrogen-bond acceptors (Lipinski definition) is 5. The molecular weight excluding hydrogens is 256 g/mol. The lowest BCUT2D eigenvalue weighted by atomic mass is 10.3. The van der Waals surface area contributed by atoms with Crippen LogP contribution in [0.3, 0.4) is 0 Å². The molecular formula is C11H17ClN4S. The third-order valence-corrected chi connectivity index (χ3v) is 3.89. The van der Waals surface area contributed by atoms with Crippen molar-refractivity contribution in [3.63, 3.8) is 0 Å². The summed E-state index contributed by atoms with van der Waals surface area (Å²) < 4.78 is 0. The molecule has 1 aromatic rings. The van der Waals surface area contributed by atoms with Crippen molar-refractivity contribution in [2.75, 3.05) is 43.0 Å². The van der Waals surface area contributed by atoms with Gasteiger partial charge in [0, 0.05) is 49.4 Å². The first kappa shape index (κ1) is 12.9. The summed E-state index contributed by atoms with van der Waals surface area (Å²) in [4.78, 5) is 10.6. The first-order chi connectivity index (χ1) is 8.25. The predicted molar refractivity (Wildman–Crippen MR) is 74.0 cm³/mol. The van der Waals surface area contributed by atoms with E-state index in [2.05, 4.69) is 20.2 Å². The van der Waals surface area contributed by atoms with E-state index in [4.69, 9.17) is 11.6 Å². The lowest BCUT2D eigenvalue weighted by molar-refractivity contribution is 0.314. The molecule has 2 heterocycles. The fourth-order valence-electron chi connectivity index (χ4n) is 1.76. The Kier molecular flexibility index (Phi) is 4.88. The highest BCUT2D eigenvalue weighted by Gasteiger charge is 2.09. The number of nitrogens with one attached hydrogen (secondary N) is 1. The second-order valence-electron chi connectivity index (χ2n) is 4.05. The molecule has 0 aromatic carbocycles. The van der Waals surface area contributed by atoms with Gasteiger partial charge < -0.3 is 5.32 Å².